The molecular weight excluding hydrogens is 222 g/mol. The lowest BCUT2D eigenvalue weighted by Gasteiger charge is -2.10. The lowest BCUT2D eigenvalue weighted by molar-refractivity contribution is 0.576. The van der Waals surface area contributed by atoms with E-state index in [-0.39, 0.29) is 6.04 Å². The molecule has 1 aromatic rings. The van der Waals surface area contributed by atoms with Gasteiger partial charge in [-0.2, -0.15) is 0 Å². The Morgan fingerprint density at radius 1 is 1.25 bits per heavy atom. The Hall–Kier alpha value is -1.13. The summed E-state index contributed by atoms with van der Waals surface area (Å²) in [5.74, 6) is 0. The van der Waals surface area contributed by atoms with Gasteiger partial charge in [-0.3, -0.25) is 0 Å². The zero-order valence-electron chi connectivity index (χ0n) is 9.77. The van der Waals surface area contributed by atoms with Crippen molar-refractivity contribution >= 4 is 10.0 Å². The number of rotatable bonds is 4. The van der Waals surface area contributed by atoms with Gasteiger partial charge in [-0.1, -0.05) is 29.8 Å². The van der Waals surface area contributed by atoms with Crippen LogP contribution in [0.25, 0.3) is 0 Å². The van der Waals surface area contributed by atoms with Crippen molar-refractivity contribution in [3.63, 3.8) is 0 Å². The highest BCUT2D eigenvalue weighted by molar-refractivity contribution is 7.89. The van der Waals surface area contributed by atoms with Crippen molar-refractivity contribution in [2.45, 2.75) is 31.7 Å². The van der Waals surface area contributed by atoms with Gasteiger partial charge < -0.3 is 0 Å². The summed E-state index contributed by atoms with van der Waals surface area (Å²) in [6, 6.07) is 6.60. The number of aryl methyl sites for hydroxylation is 1. The van der Waals surface area contributed by atoms with Gasteiger partial charge in [0, 0.05) is 6.04 Å². The van der Waals surface area contributed by atoms with Crippen molar-refractivity contribution in [1.82, 2.24) is 4.72 Å². The predicted molar refractivity (Wildman–Crippen MR) is 65.8 cm³/mol. The second-order valence-electron chi connectivity index (χ2n) is 3.75. The van der Waals surface area contributed by atoms with E-state index in [0.717, 1.165) is 5.56 Å². The van der Waals surface area contributed by atoms with Crippen LogP contribution in [0.3, 0.4) is 0 Å². The molecule has 0 saturated heterocycles. The van der Waals surface area contributed by atoms with Crippen LogP contribution in [0.1, 0.15) is 19.4 Å². The fourth-order valence-corrected chi connectivity index (χ4v) is 2.56. The number of allylic oxidation sites excluding steroid dienone is 1. The molecule has 0 aliphatic heterocycles. The Morgan fingerprint density at radius 3 is 2.31 bits per heavy atom. The molecule has 0 aliphatic carbocycles. The van der Waals surface area contributed by atoms with Crippen LogP contribution in [0.5, 0.6) is 0 Å². The van der Waals surface area contributed by atoms with Crippen molar-refractivity contribution in [3.8, 4) is 0 Å². The second kappa shape index (κ2) is 5.27. The minimum atomic E-state index is -3.40. The second-order valence-corrected chi connectivity index (χ2v) is 5.46. The minimum Gasteiger partial charge on any atom is -0.207 e. The largest absolute Gasteiger partial charge is 0.241 e. The van der Waals surface area contributed by atoms with Gasteiger partial charge in [0.05, 0.1) is 4.90 Å². The molecule has 1 aromatic carbocycles. The van der Waals surface area contributed by atoms with E-state index in [0.29, 0.717) is 4.90 Å². The molecule has 0 heterocycles. The number of hydrogen-bond acceptors (Lipinski definition) is 2. The third-order valence-electron chi connectivity index (χ3n) is 2.15. The van der Waals surface area contributed by atoms with E-state index < -0.39 is 10.0 Å². The first-order valence-corrected chi connectivity index (χ1v) is 6.66. The molecule has 0 aromatic heterocycles. The Balaban J connectivity index is 2.90. The van der Waals surface area contributed by atoms with E-state index in [1.165, 1.54) is 0 Å². The topological polar surface area (TPSA) is 46.2 Å². The fraction of sp³-hybridized carbons (Fsp3) is 0.333. The molecule has 16 heavy (non-hydrogen) atoms. The summed E-state index contributed by atoms with van der Waals surface area (Å²) in [6.45, 7) is 5.58. The Morgan fingerprint density at radius 2 is 1.81 bits per heavy atom. The standard InChI is InChI=1S/C12H17NO2S/c1-4-5-11(3)13-16(14,15)12-8-6-10(2)7-9-12/h4-9,11,13H,1-3H3/b5-4+/t11-/m0/s1. The van der Waals surface area contributed by atoms with Crippen molar-refractivity contribution in [3.05, 3.63) is 42.0 Å². The Kier molecular flexibility index (Phi) is 4.26. The molecule has 0 bridgehead atoms. The molecule has 0 saturated carbocycles. The van der Waals surface area contributed by atoms with Gasteiger partial charge in [0.1, 0.15) is 0 Å². The maximum atomic E-state index is 11.9. The third-order valence-corrected chi connectivity index (χ3v) is 3.73. The third kappa shape index (κ3) is 3.47. The van der Waals surface area contributed by atoms with E-state index in [1.54, 1.807) is 37.3 Å². The summed E-state index contributed by atoms with van der Waals surface area (Å²) in [7, 11) is -3.40. The normalized spacial score (nSPS) is 14.2. The van der Waals surface area contributed by atoms with Crippen molar-refractivity contribution < 1.29 is 8.42 Å². The quantitative estimate of drug-likeness (QED) is 0.819. The smallest absolute Gasteiger partial charge is 0.207 e. The molecule has 1 N–H and O–H groups in total. The molecule has 0 fully saturated rings. The summed E-state index contributed by atoms with van der Waals surface area (Å²) in [6.07, 6.45) is 3.62. The van der Waals surface area contributed by atoms with Crippen LogP contribution in [0, 0.1) is 6.92 Å². The van der Waals surface area contributed by atoms with E-state index in [4.69, 9.17) is 0 Å². The maximum Gasteiger partial charge on any atom is 0.241 e. The molecule has 0 amide bonds. The first-order chi connectivity index (χ1) is 7.45. The van der Waals surface area contributed by atoms with Gasteiger partial charge in [0.25, 0.3) is 0 Å². The van der Waals surface area contributed by atoms with Crippen molar-refractivity contribution in [2.24, 2.45) is 0 Å². The van der Waals surface area contributed by atoms with E-state index in [9.17, 15) is 8.42 Å². The number of sulfonamides is 1. The fourth-order valence-electron chi connectivity index (χ4n) is 1.36. The molecule has 0 spiro atoms. The number of nitrogens with one attached hydrogen (secondary N) is 1. The molecule has 88 valence electrons. The van der Waals surface area contributed by atoms with Crippen molar-refractivity contribution in [1.29, 1.82) is 0 Å². The zero-order valence-corrected chi connectivity index (χ0v) is 10.6. The minimum absolute atomic E-state index is 0.198. The molecule has 0 radical (unpaired) electrons. The average Bonchev–Trinajstić information content (AvgIpc) is 2.17. The van der Waals surface area contributed by atoms with Crippen LogP contribution in [0.4, 0.5) is 0 Å². The van der Waals surface area contributed by atoms with Crippen LogP contribution < -0.4 is 4.72 Å². The monoisotopic (exact) mass is 239 g/mol. The van der Waals surface area contributed by atoms with Gasteiger partial charge in [-0.15, -0.1) is 0 Å². The van der Waals surface area contributed by atoms with Crippen LogP contribution in [0.15, 0.2) is 41.3 Å². The molecule has 3 nitrogen and oxygen atoms in total. The average molecular weight is 239 g/mol. The maximum absolute atomic E-state index is 11.9. The SMILES string of the molecule is C/C=C/[C@H](C)NS(=O)(=O)c1ccc(C)cc1. The molecular formula is C12H17NO2S. The van der Waals surface area contributed by atoms with E-state index in [1.807, 2.05) is 19.9 Å². The van der Waals surface area contributed by atoms with Gasteiger partial charge in [0.15, 0.2) is 0 Å². The number of benzene rings is 1. The van der Waals surface area contributed by atoms with Gasteiger partial charge in [-0.05, 0) is 32.9 Å². The zero-order chi connectivity index (χ0) is 12.2. The highest BCUT2D eigenvalue weighted by atomic mass is 32.2. The van der Waals surface area contributed by atoms with Crippen LogP contribution in [-0.4, -0.2) is 14.5 Å². The highest BCUT2D eigenvalue weighted by Gasteiger charge is 2.15. The summed E-state index contributed by atoms with van der Waals surface area (Å²) in [4.78, 5) is 0.300. The first kappa shape index (κ1) is 12.9. The lowest BCUT2D eigenvalue weighted by Crippen LogP contribution is -2.31. The molecule has 4 heteroatoms. The molecule has 0 aliphatic rings. The van der Waals surface area contributed by atoms with E-state index in [2.05, 4.69) is 4.72 Å². The van der Waals surface area contributed by atoms with Crippen LogP contribution in [0.2, 0.25) is 0 Å². The molecule has 1 atom stereocenters. The Bertz CT molecular complexity index is 460. The Labute approximate surface area is 97.2 Å². The highest BCUT2D eigenvalue weighted by Crippen LogP contribution is 2.10. The summed E-state index contributed by atoms with van der Waals surface area (Å²) in [5, 5.41) is 0. The summed E-state index contributed by atoms with van der Waals surface area (Å²) in [5.41, 5.74) is 1.04. The first-order valence-electron chi connectivity index (χ1n) is 5.17. The van der Waals surface area contributed by atoms with Crippen LogP contribution >= 0.6 is 0 Å². The van der Waals surface area contributed by atoms with Gasteiger partial charge in [0.2, 0.25) is 10.0 Å². The molecule has 1 rings (SSSR count). The van der Waals surface area contributed by atoms with Gasteiger partial charge in [-0.25, -0.2) is 13.1 Å². The summed E-state index contributed by atoms with van der Waals surface area (Å²) < 4.78 is 26.3. The van der Waals surface area contributed by atoms with E-state index >= 15 is 0 Å². The lowest BCUT2D eigenvalue weighted by atomic mass is 10.2. The predicted octanol–water partition coefficient (Wildman–Crippen LogP) is 2.24. The summed E-state index contributed by atoms with van der Waals surface area (Å²) >= 11 is 0. The van der Waals surface area contributed by atoms with Crippen LogP contribution in [-0.2, 0) is 10.0 Å². The molecule has 0 unspecified atom stereocenters. The van der Waals surface area contributed by atoms with Crippen molar-refractivity contribution in [2.75, 3.05) is 0 Å². The number of hydrogen-bond donors (Lipinski definition) is 1. The van der Waals surface area contributed by atoms with Gasteiger partial charge >= 0.3 is 0 Å².